The van der Waals surface area contributed by atoms with Crippen molar-refractivity contribution >= 4 is 45.7 Å². The van der Waals surface area contributed by atoms with E-state index in [4.69, 9.17) is 16.3 Å². The van der Waals surface area contributed by atoms with Gasteiger partial charge < -0.3 is 14.6 Å². The molecule has 0 spiro atoms. The number of benzene rings is 2. The summed E-state index contributed by atoms with van der Waals surface area (Å²) >= 11 is 9.03. The van der Waals surface area contributed by atoms with Crippen molar-refractivity contribution in [1.82, 2.24) is 19.7 Å². The van der Waals surface area contributed by atoms with Crippen molar-refractivity contribution in [3.63, 3.8) is 0 Å². The summed E-state index contributed by atoms with van der Waals surface area (Å²) in [5, 5.41) is 15.2. The van der Waals surface area contributed by atoms with Crippen LogP contribution < -0.4 is 10.1 Å². The van der Waals surface area contributed by atoms with Crippen LogP contribution in [-0.4, -0.2) is 31.4 Å². The number of aryl methyl sites for hydroxylation is 3. The summed E-state index contributed by atoms with van der Waals surface area (Å²) in [5.41, 5.74) is 5.40. The molecule has 0 fully saturated rings. The predicted octanol–water partition coefficient (Wildman–Crippen LogP) is 6.87. The summed E-state index contributed by atoms with van der Waals surface area (Å²) < 4.78 is 8.03. The van der Waals surface area contributed by atoms with E-state index >= 15 is 0 Å². The first kappa shape index (κ1) is 26.2. The van der Waals surface area contributed by atoms with Gasteiger partial charge in [-0.05, 0) is 69.5 Å². The third-order valence-corrected chi connectivity index (χ3v) is 7.74. The predicted molar refractivity (Wildman–Crippen MR) is 147 cm³/mol. The Hall–Kier alpha value is -2.88. The number of ether oxygens (including phenoxy) is 1. The van der Waals surface area contributed by atoms with E-state index in [1.165, 1.54) is 34.2 Å². The molecule has 0 bridgehead atoms. The zero-order chi connectivity index (χ0) is 25.8. The maximum absolute atomic E-state index is 12.6. The van der Waals surface area contributed by atoms with Crippen molar-refractivity contribution in [2.24, 2.45) is 0 Å². The Balaban J connectivity index is 1.38. The second-order valence-corrected chi connectivity index (χ2v) is 10.7. The number of aromatic nitrogens is 4. The molecule has 2 aromatic carbocycles. The Kier molecular flexibility index (Phi) is 8.33. The van der Waals surface area contributed by atoms with Crippen LogP contribution in [0.2, 0.25) is 5.02 Å². The van der Waals surface area contributed by atoms with Crippen molar-refractivity contribution in [2.45, 2.75) is 52.4 Å². The van der Waals surface area contributed by atoms with Crippen LogP contribution in [0.3, 0.4) is 0 Å². The molecule has 0 aliphatic carbocycles. The first-order chi connectivity index (χ1) is 17.2. The van der Waals surface area contributed by atoms with E-state index in [1.807, 2.05) is 55.0 Å². The molecule has 0 aliphatic rings. The van der Waals surface area contributed by atoms with Gasteiger partial charge in [-0.25, -0.2) is 4.98 Å². The zero-order valence-electron chi connectivity index (χ0n) is 20.8. The Morgan fingerprint density at radius 2 is 1.97 bits per heavy atom. The van der Waals surface area contributed by atoms with Gasteiger partial charge in [0.15, 0.2) is 22.2 Å². The van der Waals surface area contributed by atoms with Gasteiger partial charge in [0.25, 0.3) is 0 Å². The third-order valence-electron chi connectivity index (χ3n) is 5.70. The minimum absolute atomic E-state index is 0.149. The molecular weight excluding hydrogens is 514 g/mol. The van der Waals surface area contributed by atoms with Crippen molar-refractivity contribution in [1.29, 1.82) is 0 Å². The normalized spacial score (nSPS) is 11.9. The van der Waals surface area contributed by atoms with Gasteiger partial charge in [-0.3, -0.25) is 4.79 Å². The molecule has 36 heavy (non-hydrogen) atoms. The number of anilines is 1. The number of amides is 1. The molecule has 1 N–H and O–H groups in total. The minimum atomic E-state index is -0.362. The molecule has 10 heteroatoms. The first-order valence-electron chi connectivity index (χ1n) is 11.6. The van der Waals surface area contributed by atoms with E-state index in [2.05, 4.69) is 46.5 Å². The molecule has 2 aromatic heterocycles. The Bertz CT molecular complexity index is 1380. The number of thioether (sulfide) groups is 1. The van der Waals surface area contributed by atoms with Crippen molar-refractivity contribution in [3.05, 3.63) is 69.3 Å². The molecule has 0 radical (unpaired) electrons. The maximum atomic E-state index is 12.6. The smallest absolute Gasteiger partial charge is 0.236 e. The monoisotopic (exact) mass is 541 g/mol. The fraction of sp³-hybridized carbons (Fsp3) is 0.308. The summed E-state index contributed by atoms with van der Waals surface area (Å²) in [4.78, 5) is 17.2. The van der Waals surface area contributed by atoms with Crippen LogP contribution in [0.4, 0.5) is 5.13 Å². The number of nitrogens with zero attached hydrogens (tertiary/aromatic N) is 4. The third kappa shape index (κ3) is 6.08. The summed E-state index contributed by atoms with van der Waals surface area (Å²) in [5.74, 6) is 1.32. The number of nitrogens with one attached hydrogen (secondary N) is 1. The lowest BCUT2D eigenvalue weighted by Crippen LogP contribution is -2.15. The zero-order valence-corrected chi connectivity index (χ0v) is 23.2. The number of rotatable bonds is 9. The standard InChI is InChI=1S/C26H28ClN5O2S2/c1-6-32-24(18(5)34-22-11-15(2)7-10-20(22)27)30-31-26(32)36-14-23(33)29-25-28-21(13-35-25)19-9-8-16(3)17(4)12-19/h7-13,18H,6,14H2,1-5H3,(H,28,29,33). The van der Waals surface area contributed by atoms with Crippen LogP contribution in [0.25, 0.3) is 11.3 Å². The average Bonchev–Trinajstić information content (AvgIpc) is 3.48. The average molecular weight is 542 g/mol. The molecule has 0 saturated heterocycles. The van der Waals surface area contributed by atoms with Gasteiger partial charge in [0, 0.05) is 17.5 Å². The first-order valence-corrected chi connectivity index (χ1v) is 13.8. The van der Waals surface area contributed by atoms with E-state index in [-0.39, 0.29) is 17.8 Å². The molecule has 2 heterocycles. The summed E-state index contributed by atoms with van der Waals surface area (Å²) in [7, 11) is 0. The molecule has 1 unspecified atom stereocenters. The van der Waals surface area contributed by atoms with Gasteiger partial charge in [0.05, 0.1) is 16.5 Å². The largest absolute Gasteiger partial charge is 0.481 e. The molecule has 1 atom stereocenters. The van der Waals surface area contributed by atoms with E-state index < -0.39 is 0 Å². The molecule has 0 aliphatic heterocycles. The minimum Gasteiger partial charge on any atom is -0.481 e. The molecule has 188 valence electrons. The molecule has 4 aromatic rings. The lowest BCUT2D eigenvalue weighted by atomic mass is 10.1. The fourth-order valence-corrected chi connectivity index (χ4v) is 5.31. The number of hydrogen-bond acceptors (Lipinski definition) is 7. The number of hydrogen-bond donors (Lipinski definition) is 1. The van der Waals surface area contributed by atoms with Crippen LogP contribution in [-0.2, 0) is 11.3 Å². The SMILES string of the molecule is CCn1c(SCC(=O)Nc2nc(-c3ccc(C)c(C)c3)cs2)nnc1C(C)Oc1cc(C)ccc1Cl. The Morgan fingerprint density at radius 3 is 2.72 bits per heavy atom. The summed E-state index contributed by atoms with van der Waals surface area (Å²) in [6, 6.07) is 11.9. The highest BCUT2D eigenvalue weighted by Crippen LogP contribution is 2.31. The second-order valence-electron chi connectivity index (χ2n) is 8.45. The highest BCUT2D eigenvalue weighted by Gasteiger charge is 2.20. The topological polar surface area (TPSA) is 81.9 Å². The fourth-order valence-electron chi connectivity index (χ4n) is 3.60. The lowest BCUT2D eigenvalue weighted by molar-refractivity contribution is -0.113. The van der Waals surface area contributed by atoms with E-state index in [0.717, 1.165) is 16.8 Å². The Morgan fingerprint density at radius 1 is 1.17 bits per heavy atom. The van der Waals surface area contributed by atoms with E-state index in [0.29, 0.717) is 33.4 Å². The van der Waals surface area contributed by atoms with Crippen LogP contribution in [0.5, 0.6) is 5.75 Å². The van der Waals surface area contributed by atoms with Gasteiger partial charge >= 0.3 is 0 Å². The highest BCUT2D eigenvalue weighted by molar-refractivity contribution is 7.99. The van der Waals surface area contributed by atoms with Gasteiger partial charge in [-0.15, -0.1) is 21.5 Å². The molecule has 4 rings (SSSR count). The van der Waals surface area contributed by atoms with Crippen LogP contribution in [0.1, 0.15) is 42.5 Å². The summed E-state index contributed by atoms with van der Waals surface area (Å²) in [6.45, 7) is 10.7. The van der Waals surface area contributed by atoms with Crippen LogP contribution in [0, 0.1) is 20.8 Å². The number of carbonyl (C=O) groups is 1. The van der Waals surface area contributed by atoms with Crippen LogP contribution in [0.15, 0.2) is 46.9 Å². The highest BCUT2D eigenvalue weighted by atomic mass is 35.5. The maximum Gasteiger partial charge on any atom is 0.236 e. The van der Waals surface area contributed by atoms with E-state index in [1.54, 1.807) is 0 Å². The molecule has 7 nitrogen and oxygen atoms in total. The number of carbonyl (C=O) groups excluding carboxylic acids is 1. The van der Waals surface area contributed by atoms with Crippen molar-refractivity contribution < 1.29 is 9.53 Å². The van der Waals surface area contributed by atoms with E-state index in [9.17, 15) is 4.79 Å². The van der Waals surface area contributed by atoms with Crippen LogP contribution >= 0.6 is 34.7 Å². The van der Waals surface area contributed by atoms with Crippen molar-refractivity contribution in [3.8, 4) is 17.0 Å². The van der Waals surface area contributed by atoms with Gasteiger partial charge in [-0.1, -0.05) is 41.6 Å². The molecule has 0 saturated carbocycles. The quantitative estimate of drug-likeness (QED) is 0.233. The lowest BCUT2D eigenvalue weighted by Gasteiger charge is -2.16. The van der Waals surface area contributed by atoms with Gasteiger partial charge in [0.2, 0.25) is 5.91 Å². The summed E-state index contributed by atoms with van der Waals surface area (Å²) in [6.07, 6.45) is -0.362. The van der Waals surface area contributed by atoms with Gasteiger partial charge in [0.1, 0.15) is 5.75 Å². The number of halogens is 1. The van der Waals surface area contributed by atoms with Crippen molar-refractivity contribution in [2.75, 3.05) is 11.1 Å². The Labute approximate surface area is 224 Å². The molecule has 1 amide bonds. The second kappa shape index (κ2) is 11.5. The number of thiazole rings is 1. The van der Waals surface area contributed by atoms with Gasteiger partial charge in [-0.2, -0.15) is 0 Å². The molecular formula is C26H28ClN5O2S2.